The Morgan fingerprint density at radius 2 is 1.87 bits per heavy atom. The molecule has 0 bridgehead atoms. The molecule has 0 saturated heterocycles. The molecular weight excluding hydrogens is 372 g/mol. The van der Waals surface area contributed by atoms with Crippen LogP contribution in [0.4, 0.5) is 0 Å². The van der Waals surface area contributed by atoms with E-state index in [-0.39, 0.29) is 6.10 Å². The summed E-state index contributed by atoms with van der Waals surface area (Å²) in [5, 5.41) is 30.4. The van der Waals surface area contributed by atoms with Crippen molar-refractivity contribution in [3.05, 3.63) is 47.6 Å². The first-order valence-electron chi connectivity index (χ1n) is 12.1. The number of rotatable bonds is 5. The van der Waals surface area contributed by atoms with Crippen LogP contribution in [0.2, 0.25) is 0 Å². The Morgan fingerprint density at radius 1 is 1.10 bits per heavy atom. The number of allylic oxidation sites excluding steroid dienone is 4. The van der Waals surface area contributed by atoms with Crippen molar-refractivity contribution < 1.29 is 15.3 Å². The zero-order valence-electron chi connectivity index (χ0n) is 18.8. The van der Waals surface area contributed by atoms with Gasteiger partial charge in [-0.05, 0) is 91.6 Å². The average Bonchev–Trinajstić information content (AvgIpc) is 3.49. The molecular formula is C27H40O3. The Hall–Kier alpha value is -1.16. The predicted molar refractivity (Wildman–Crippen MR) is 122 cm³/mol. The largest absolute Gasteiger partial charge is 0.393 e. The molecule has 0 radical (unpaired) electrons. The molecule has 0 unspecified atom stereocenters. The quantitative estimate of drug-likeness (QED) is 0.551. The summed E-state index contributed by atoms with van der Waals surface area (Å²) in [7, 11) is 0. The summed E-state index contributed by atoms with van der Waals surface area (Å²) >= 11 is 0. The molecule has 0 aromatic rings. The lowest BCUT2D eigenvalue weighted by atomic mass is 9.61. The SMILES string of the molecule is C=C1/C(=C\C=C2/CCC[C@@]3(C)[C@@H]2CC[C@@H]3[C@@H](C)/C=C\[C@H](O)C2CC2)C[C@@H](O)C[C@@H]1O. The summed E-state index contributed by atoms with van der Waals surface area (Å²) in [6.45, 7) is 8.88. The van der Waals surface area contributed by atoms with Crippen LogP contribution >= 0.6 is 0 Å². The fourth-order valence-electron chi connectivity index (χ4n) is 6.63. The average molecular weight is 413 g/mol. The summed E-state index contributed by atoms with van der Waals surface area (Å²) < 4.78 is 0. The van der Waals surface area contributed by atoms with E-state index < -0.39 is 12.2 Å². The van der Waals surface area contributed by atoms with Gasteiger partial charge in [-0.15, -0.1) is 0 Å². The predicted octanol–water partition coefficient (Wildman–Crippen LogP) is 5.09. The van der Waals surface area contributed by atoms with Crippen LogP contribution in [0.15, 0.2) is 47.6 Å². The van der Waals surface area contributed by atoms with Crippen molar-refractivity contribution >= 4 is 0 Å². The van der Waals surface area contributed by atoms with Gasteiger partial charge < -0.3 is 15.3 Å². The highest BCUT2D eigenvalue weighted by Crippen LogP contribution is 2.59. The molecule has 0 aliphatic heterocycles. The van der Waals surface area contributed by atoms with Crippen molar-refractivity contribution in [2.24, 2.45) is 29.1 Å². The lowest BCUT2D eigenvalue weighted by Crippen LogP contribution is -2.35. The lowest BCUT2D eigenvalue weighted by molar-refractivity contribution is 0.0862. The molecule has 4 aliphatic carbocycles. The summed E-state index contributed by atoms with van der Waals surface area (Å²) in [5.74, 6) is 2.28. The van der Waals surface area contributed by atoms with Crippen LogP contribution in [-0.2, 0) is 0 Å². The van der Waals surface area contributed by atoms with Crippen LogP contribution in [0.5, 0.6) is 0 Å². The van der Waals surface area contributed by atoms with Gasteiger partial charge in [0.15, 0.2) is 0 Å². The van der Waals surface area contributed by atoms with Gasteiger partial charge in [0.2, 0.25) is 0 Å². The third kappa shape index (κ3) is 4.40. The highest BCUT2D eigenvalue weighted by Gasteiger charge is 2.50. The number of hydrogen-bond acceptors (Lipinski definition) is 3. The molecule has 0 aromatic heterocycles. The molecule has 4 saturated carbocycles. The fourth-order valence-corrected chi connectivity index (χ4v) is 6.63. The van der Waals surface area contributed by atoms with Gasteiger partial charge in [0.1, 0.15) is 0 Å². The van der Waals surface area contributed by atoms with E-state index in [9.17, 15) is 15.3 Å². The Labute approximate surface area is 182 Å². The van der Waals surface area contributed by atoms with Crippen molar-refractivity contribution in [3.8, 4) is 0 Å². The molecule has 4 aliphatic rings. The highest BCUT2D eigenvalue weighted by atomic mass is 16.3. The molecule has 3 N–H and O–H groups in total. The van der Waals surface area contributed by atoms with Gasteiger partial charge in [-0.1, -0.05) is 50.3 Å². The van der Waals surface area contributed by atoms with Crippen molar-refractivity contribution in [3.63, 3.8) is 0 Å². The van der Waals surface area contributed by atoms with Crippen molar-refractivity contribution in [2.45, 2.75) is 89.9 Å². The van der Waals surface area contributed by atoms with Crippen molar-refractivity contribution in [2.75, 3.05) is 0 Å². The second-order valence-corrected chi connectivity index (χ2v) is 10.7. The normalized spacial score (nSPS) is 42.1. The monoisotopic (exact) mass is 412 g/mol. The summed E-state index contributed by atoms with van der Waals surface area (Å²) in [4.78, 5) is 0. The van der Waals surface area contributed by atoms with E-state index in [2.05, 4.69) is 44.7 Å². The number of aliphatic hydroxyl groups excluding tert-OH is 3. The molecule has 0 aromatic carbocycles. The van der Waals surface area contributed by atoms with Gasteiger partial charge in [-0.3, -0.25) is 0 Å². The van der Waals surface area contributed by atoms with Gasteiger partial charge in [-0.25, -0.2) is 0 Å². The fraction of sp³-hybridized carbons (Fsp3) is 0.704. The Balaban J connectivity index is 1.48. The van der Waals surface area contributed by atoms with Gasteiger partial charge in [-0.2, -0.15) is 0 Å². The first kappa shape index (κ1) is 22.0. The Kier molecular flexibility index (Phi) is 6.44. The zero-order chi connectivity index (χ0) is 21.5. The molecule has 166 valence electrons. The minimum Gasteiger partial charge on any atom is -0.393 e. The minimum absolute atomic E-state index is 0.250. The molecule has 3 heteroatoms. The first-order valence-corrected chi connectivity index (χ1v) is 12.1. The lowest BCUT2D eigenvalue weighted by Gasteiger charge is -2.44. The standard InChI is InChI=1S/C27H40O3/c1-17(6-13-25(29)20-8-9-20)23-11-12-24-19(5-4-14-27(23,24)3)7-10-21-15-22(28)16-26(30)18(21)2/h6-7,10,13,17,20,22-26,28-30H,2,4-5,8-9,11-12,14-16H2,1,3H3/b13-6-,19-7+,21-10-/t17-,22+,23+,24+,25-,26-,27+/m0/s1. The summed E-state index contributed by atoms with van der Waals surface area (Å²) in [6, 6.07) is 0. The maximum Gasteiger partial charge on any atom is 0.0811 e. The minimum atomic E-state index is -0.621. The van der Waals surface area contributed by atoms with E-state index in [0.717, 1.165) is 17.6 Å². The van der Waals surface area contributed by atoms with E-state index in [0.29, 0.717) is 41.9 Å². The van der Waals surface area contributed by atoms with Gasteiger partial charge >= 0.3 is 0 Å². The van der Waals surface area contributed by atoms with E-state index in [1.807, 2.05) is 0 Å². The zero-order valence-corrected chi connectivity index (χ0v) is 18.8. The number of fused-ring (bicyclic) bond motifs is 1. The summed E-state index contributed by atoms with van der Waals surface area (Å²) in [6.07, 6.45) is 16.9. The van der Waals surface area contributed by atoms with Crippen LogP contribution in [0, 0.1) is 29.1 Å². The van der Waals surface area contributed by atoms with Crippen LogP contribution in [-0.4, -0.2) is 33.6 Å². The molecule has 0 heterocycles. The smallest absolute Gasteiger partial charge is 0.0811 e. The third-order valence-electron chi connectivity index (χ3n) is 8.65. The van der Waals surface area contributed by atoms with E-state index in [4.69, 9.17) is 0 Å². The Morgan fingerprint density at radius 3 is 2.60 bits per heavy atom. The number of aliphatic hydroxyl groups is 3. The molecule has 3 nitrogen and oxygen atoms in total. The van der Waals surface area contributed by atoms with Gasteiger partial charge in [0.25, 0.3) is 0 Å². The topological polar surface area (TPSA) is 60.7 Å². The molecule has 0 amide bonds. The summed E-state index contributed by atoms with van der Waals surface area (Å²) in [5.41, 5.74) is 3.63. The van der Waals surface area contributed by atoms with Crippen molar-refractivity contribution in [1.82, 2.24) is 0 Å². The van der Waals surface area contributed by atoms with E-state index in [1.165, 1.54) is 44.1 Å². The van der Waals surface area contributed by atoms with E-state index in [1.54, 1.807) is 0 Å². The van der Waals surface area contributed by atoms with Crippen molar-refractivity contribution in [1.29, 1.82) is 0 Å². The molecule has 4 rings (SSSR count). The van der Waals surface area contributed by atoms with Gasteiger partial charge in [0.05, 0.1) is 18.3 Å². The molecule has 0 spiro atoms. The van der Waals surface area contributed by atoms with Crippen LogP contribution in [0.25, 0.3) is 0 Å². The van der Waals surface area contributed by atoms with Crippen LogP contribution in [0.3, 0.4) is 0 Å². The first-order chi connectivity index (χ1) is 14.3. The molecule has 7 atom stereocenters. The second-order valence-electron chi connectivity index (χ2n) is 10.7. The maximum absolute atomic E-state index is 10.2. The van der Waals surface area contributed by atoms with Gasteiger partial charge in [0, 0.05) is 6.42 Å². The third-order valence-corrected chi connectivity index (χ3v) is 8.65. The highest BCUT2D eigenvalue weighted by molar-refractivity contribution is 5.38. The molecule has 30 heavy (non-hydrogen) atoms. The Bertz CT molecular complexity index is 743. The second kappa shape index (κ2) is 8.76. The molecule has 4 fully saturated rings. The van der Waals surface area contributed by atoms with Crippen LogP contribution < -0.4 is 0 Å². The van der Waals surface area contributed by atoms with E-state index >= 15 is 0 Å². The number of hydrogen-bond donors (Lipinski definition) is 3. The maximum atomic E-state index is 10.2. The van der Waals surface area contributed by atoms with Crippen LogP contribution in [0.1, 0.15) is 71.6 Å².